The first-order chi connectivity index (χ1) is 13.5. The summed E-state index contributed by atoms with van der Waals surface area (Å²) in [7, 11) is 3.19. The molecule has 0 fully saturated rings. The van der Waals surface area contributed by atoms with Crippen LogP contribution in [0.5, 0.6) is 5.75 Å². The lowest BCUT2D eigenvalue weighted by Gasteiger charge is -2.09. The third-order valence-corrected chi connectivity index (χ3v) is 4.40. The molecule has 0 bridgehead atoms. The lowest BCUT2D eigenvalue weighted by Crippen LogP contribution is -2.21. The number of aryl methyl sites for hydroxylation is 1. The van der Waals surface area contributed by atoms with Gasteiger partial charge in [0.1, 0.15) is 12.4 Å². The smallest absolute Gasteiger partial charge is 0.273 e. The summed E-state index contributed by atoms with van der Waals surface area (Å²) in [4.78, 5) is 24.5. The van der Waals surface area contributed by atoms with Crippen molar-refractivity contribution in [3.05, 3.63) is 76.0 Å². The molecule has 0 atom stereocenters. The number of amides is 2. The Morgan fingerprint density at radius 2 is 1.93 bits per heavy atom. The van der Waals surface area contributed by atoms with Crippen LogP contribution in [0.2, 0.25) is 0 Å². The molecule has 0 radical (unpaired) electrons. The summed E-state index contributed by atoms with van der Waals surface area (Å²) in [6, 6.07) is 14.7. The number of carbonyl (C=O) groups is 2. The maximum atomic E-state index is 12.6. The predicted molar refractivity (Wildman–Crippen MR) is 109 cm³/mol. The second-order valence-corrected chi connectivity index (χ2v) is 6.96. The first kappa shape index (κ1) is 19.6. The Morgan fingerprint density at radius 1 is 1.14 bits per heavy atom. The van der Waals surface area contributed by atoms with Crippen LogP contribution in [0.4, 0.5) is 5.69 Å². The highest BCUT2D eigenvalue weighted by molar-refractivity contribution is 9.10. The van der Waals surface area contributed by atoms with Gasteiger partial charge in [0, 0.05) is 30.3 Å². The molecular weight excluding hydrogens is 424 g/mol. The number of carbonyl (C=O) groups excluding carboxylic acids is 2. The van der Waals surface area contributed by atoms with Gasteiger partial charge in [-0.2, -0.15) is 5.10 Å². The molecule has 2 amide bonds. The molecule has 0 saturated carbocycles. The molecule has 3 rings (SSSR count). The molecule has 0 unspecified atom stereocenters. The molecule has 3 aromatic rings. The van der Waals surface area contributed by atoms with Crippen LogP contribution in [0.3, 0.4) is 0 Å². The van der Waals surface area contributed by atoms with Crippen LogP contribution in [-0.2, 0) is 13.7 Å². The largest absolute Gasteiger partial charge is 0.489 e. The second kappa shape index (κ2) is 8.71. The fourth-order valence-electron chi connectivity index (χ4n) is 2.59. The van der Waals surface area contributed by atoms with Crippen LogP contribution >= 0.6 is 15.9 Å². The van der Waals surface area contributed by atoms with Gasteiger partial charge in [0.05, 0.1) is 5.69 Å². The first-order valence-corrected chi connectivity index (χ1v) is 9.30. The molecule has 0 aliphatic heterocycles. The van der Waals surface area contributed by atoms with Gasteiger partial charge < -0.3 is 15.4 Å². The number of rotatable bonds is 6. The van der Waals surface area contributed by atoms with E-state index in [0.29, 0.717) is 17.9 Å². The number of anilines is 1. The minimum absolute atomic E-state index is 0.160. The average Bonchev–Trinajstić information content (AvgIpc) is 3.06. The van der Waals surface area contributed by atoms with Crippen molar-refractivity contribution in [2.24, 2.45) is 7.05 Å². The van der Waals surface area contributed by atoms with Gasteiger partial charge in [-0.25, -0.2) is 0 Å². The number of hydrogen-bond donors (Lipinski definition) is 2. The summed E-state index contributed by atoms with van der Waals surface area (Å²) in [5.41, 5.74) is 1.82. The molecule has 0 aliphatic carbocycles. The number of ether oxygens (including phenoxy) is 1. The van der Waals surface area contributed by atoms with Gasteiger partial charge in [-0.05, 0) is 35.9 Å². The molecule has 28 heavy (non-hydrogen) atoms. The molecule has 7 nitrogen and oxygen atoms in total. The molecule has 2 aromatic carbocycles. The number of benzene rings is 2. The molecule has 0 aliphatic rings. The van der Waals surface area contributed by atoms with E-state index in [-0.39, 0.29) is 17.5 Å². The van der Waals surface area contributed by atoms with Crippen molar-refractivity contribution in [2.45, 2.75) is 6.61 Å². The van der Waals surface area contributed by atoms with Gasteiger partial charge in [0.25, 0.3) is 11.8 Å². The quantitative estimate of drug-likeness (QED) is 0.612. The lowest BCUT2D eigenvalue weighted by molar-refractivity contribution is 0.0958. The van der Waals surface area contributed by atoms with E-state index in [1.807, 2.05) is 30.3 Å². The number of nitrogens with one attached hydrogen (secondary N) is 2. The maximum Gasteiger partial charge on any atom is 0.273 e. The Hall–Kier alpha value is -3.13. The Kier molecular flexibility index (Phi) is 6.10. The third kappa shape index (κ3) is 4.77. The second-order valence-electron chi connectivity index (χ2n) is 6.04. The van der Waals surface area contributed by atoms with Gasteiger partial charge in [0.2, 0.25) is 0 Å². The number of hydrogen-bond acceptors (Lipinski definition) is 4. The summed E-state index contributed by atoms with van der Waals surface area (Å²) < 4.78 is 8.17. The van der Waals surface area contributed by atoms with E-state index < -0.39 is 0 Å². The monoisotopic (exact) mass is 442 g/mol. The minimum atomic E-state index is -0.368. The highest BCUT2D eigenvalue weighted by atomic mass is 79.9. The highest BCUT2D eigenvalue weighted by Gasteiger charge is 2.17. The van der Waals surface area contributed by atoms with Crippen LogP contribution in [0.15, 0.2) is 59.2 Å². The van der Waals surface area contributed by atoms with Crippen molar-refractivity contribution in [3.63, 3.8) is 0 Å². The average molecular weight is 443 g/mol. The fourth-order valence-corrected chi connectivity index (χ4v) is 2.96. The van der Waals surface area contributed by atoms with E-state index in [0.717, 1.165) is 15.8 Å². The topological polar surface area (TPSA) is 85.3 Å². The SMILES string of the molecule is CNC(=O)c1nn(C)cc1NC(=O)c1cccc(COc2cccc(Br)c2)c1. The third-order valence-electron chi connectivity index (χ3n) is 3.91. The van der Waals surface area contributed by atoms with Crippen molar-refractivity contribution in [1.82, 2.24) is 15.1 Å². The number of halogens is 1. The molecule has 1 heterocycles. The maximum absolute atomic E-state index is 12.6. The number of nitrogens with zero attached hydrogens (tertiary/aromatic N) is 2. The van der Waals surface area contributed by atoms with Gasteiger partial charge in [-0.15, -0.1) is 0 Å². The van der Waals surface area contributed by atoms with E-state index >= 15 is 0 Å². The van der Waals surface area contributed by atoms with Crippen molar-refractivity contribution < 1.29 is 14.3 Å². The molecule has 144 valence electrons. The van der Waals surface area contributed by atoms with Crippen LogP contribution in [0.1, 0.15) is 26.4 Å². The lowest BCUT2D eigenvalue weighted by atomic mass is 10.1. The van der Waals surface area contributed by atoms with E-state index in [2.05, 4.69) is 31.7 Å². The molecular formula is C20H19BrN4O3. The Morgan fingerprint density at radius 3 is 2.68 bits per heavy atom. The first-order valence-electron chi connectivity index (χ1n) is 8.50. The van der Waals surface area contributed by atoms with Gasteiger partial charge in [-0.3, -0.25) is 14.3 Å². The Labute approximate surface area is 170 Å². The molecule has 0 spiro atoms. The Bertz CT molecular complexity index is 1020. The summed E-state index contributed by atoms with van der Waals surface area (Å²) in [6.45, 7) is 0.327. The summed E-state index contributed by atoms with van der Waals surface area (Å²) in [6.07, 6.45) is 1.59. The molecule has 0 saturated heterocycles. The van der Waals surface area contributed by atoms with Gasteiger partial charge >= 0.3 is 0 Å². The van der Waals surface area contributed by atoms with E-state index in [1.165, 1.54) is 11.7 Å². The van der Waals surface area contributed by atoms with Crippen LogP contribution < -0.4 is 15.4 Å². The highest BCUT2D eigenvalue weighted by Crippen LogP contribution is 2.20. The van der Waals surface area contributed by atoms with Gasteiger partial charge in [0.15, 0.2) is 5.69 Å². The van der Waals surface area contributed by atoms with Gasteiger partial charge in [-0.1, -0.05) is 34.1 Å². The molecule has 1 aromatic heterocycles. The zero-order chi connectivity index (χ0) is 20.1. The zero-order valence-electron chi connectivity index (χ0n) is 15.4. The standard InChI is InChI=1S/C20H19BrN4O3/c1-22-20(27)18-17(11-25(2)24-18)23-19(26)14-6-3-5-13(9-14)12-28-16-8-4-7-15(21)10-16/h3-11H,12H2,1-2H3,(H,22,27)(H,23,26). The normalized spacial score (nSPS) is 10.4. The van der Waals surface area contributed by atoms with Crippen molar-refractivity contribution in [3.8, 4) is 5.75 Å². The van der Waals surface area contributed by atoms with Crippen LogP contribution in [0.25, 0.3) is 0 Å². The van der Waals surface area contributed by atoms with E-state index in [4.69, 9.17) is 4.74 Å². The minimum Gasteiger partial charge on any atom is -0.489 e. The molecule has 2 N–H and O–H groups in total. The summed E-state index contributed by atoms with van der Waals surface area (Å²) in [5.74, 6) is 0.0318. The number of aromatic nitrogens is 2. The van der Waals surface area contributed by atoms with Crippen LogP contribution in [0, 0.1) is 0 Å². The van der Waals surface area contributed by atoms with Crippen molar-refractivity contribution in [1.29, 1.82) is 0 Å². The Balaban J connectivity index is 1.71. The van der Waals surface area contributed by atoms with Crippen LogP contribution in [-0.4, -0.2) is 28.6 Å². The zero-order valence-corrected chi connectivity index (χ0v) is 17.0. The van der Waals surface area contributed by atoms with E-state index in [9.17, 15) is 9.59 Å². The molecule has 8 heteroatoms. The van der Waals surface area contributed by atoms with Crippen molar-refractivity contribution in [2.75, 3.05) is 12.4 Å². The van der Waals surface area contributed by atoms with Crippen molar-refractivity contribution >= 4 is 33.4 Å². The van der Waals surface area contributed by atoms with E-state index in [1.54, 1.807) is 31.4 Å². The summed E-state index contributed by atoms with van der Waals surface area (Å²) >= 11 is 3.41. The fraction of sp³-hybridized carbons (Fsp3) is 0.150. The predicted octanol–water partition coefficient (Wildman–Crippen LogP) is 3.37. The summed E-state index contributed by atoms with van der Waals surface area (Å²) in [5, 5.41) is 9.33.